The zero-order valence-electron chi connectivity index (χ0n) is 14.7. The summed E-state index contributed by atoms with van der Waals surface area (Å²) in [5.74, 6) is -0.398. The van der Waals surface area contributed by atoms with E-state index in [4.69, 9.17) is 5.14 Å². The van der Waals surface area contributed by atoms with Crippen LogP contribution in [0.5, 0.6) is 0 Å². The molecule has 27 heavy (non-hydrogen) atoms. The first-order valence-electron chi connectivity index (χ1n) is 8.13. The Balaban J connectivity index is 1.98. The number of sulfonamides is 2. The lowest BCUT2D eigenvalue weighted by Gasteiger charge is -2.08. The third-order valence-corrected chi connectivity index (χ3v) is 6.16. The maximum atomic E-state index is 12.2. The van der Waals surface area contributed by atoms with Crippen molar-refractivity contribution >= 4 is 26.0 Å². The quantitative estimate of drug-likeness (QED) is 0.585. The highest BCUT2D eigenvalue weighted by atomic mass is 32.2. The molecule has 0 fully saturated rings. The average molecular weight is 412 g/mol. The van der Waals surface area contributed by atoms with Gasteiger partial charge in [-0.25, -0.2) is 26.7 Å². The van der Waals surface area contributed by atoms with E-state index in [1.54, 1.807) is 19.1 Å². The van der Waals surface area contributed by atoms with Crippen LogP contribution in [-0.2, 0) is 26.5 Å². The third-order valence-electron chi connectivity index (χ3n) is 3.69. The molecule has 10 heteroatoms. The van der Waals surface area contributed by atoms with E-state index in [1.807, 2.05) is 0 Å². The van der Waals surface area contributed by atoms with E-state index < -0.39 is 26.0 Å². The molecule has 0 aliphatic heterocycles. The Kier molecular flexibility index (Phi) is 6.71. The second kappa shape index (κ2) is 8.61. The number of benzene rings is 2. The second-order valence-electron chi connectivity index (χ2n) is 5.72. The Hall–Kier alpha value is -2.27. The first kappa shape index (κ1) is 21.0. The molecule has 0 bridgehead atoms. The maximum absolute atomic E-state index is 12.2. The molecule has 0 aliphatic carbocycles. The van der Waals surface area contributed by atoms with Gasteiger partial charge in [-0.3, -0.25) is 4.79 Å². The van der Waals surface area contributed by atoms with Crippen LogP contribution >= 0.6 is 0 Å². The van der Waals surface area contributed by atoms with Gasteiger partial charge in [-0.2, -0.15) is 0 Å². The van der Waals surface area contributed by atoms with E-state index in [9.17, 15) is 21.6 Å². The predicted molar refractivity (Wildman–Crippen MR) is 101 cm³/mol. The van der Waals surface area contributed by atoms with Gasteiger partial charge < -0.3 is 5.32 Å². The zero-order valence-corrected chi connectivity index (χ0v) is 16.3. The highest BCUT2D eigenvalue weighted by Crippen LogP contribution is 2.12. The molecular formula is C17H21N3O5S2. The summed E-state index contributed by atoms with van der Waals surface area (Å²) in [6.07, 6.45) is 0.478. The molecule has 4 N–H and O–H groups in total. The van der Waals surface area contributed by atoms with Crippen molar-refractivity contribution < 1.29 is 21.6 Å². The first-order valence-corrected chi connectivity index (χ1v) is 11.2. The molecule has 0 aliphatic rings. The minimum atomic E-state index is -3.73. The summed E-state index contributed by atoms with van der Waals surface area (Å²) >= 11 is 0. The average Bonchev–Trinajstić information content (AvgIpc) is 2.61. The van der Waals surface area contributed by atoms with E-state index in [0.717, 1.165) is 5.56 Å². The van der Waals surface area contributed by atoms with Gasteiger partial charge in [-0.1, -0.05) is 25.1 Å². The SMILES string of the molecule is CCNS(=O)(=O)c1cccc(C(=O)NCCc2ccc(S(N)(=O)=O)cc2)c1. The molecule has 1 amide bonds. The molecule has 0 radical (unpaired) electrons. The number of carbonyl (C=O) groups is 1. The molecule has 0 heterocycles. The minimum Gasteiger partial charge on any atom is -0.352 e. The number of carbonyl (C=O) groups excluding carboxylic acids is 1. The monoisotopic (exact) mass is 411 g/mol. The van der Waals surface area contributed by atoms with Gasteiger partial charge in [0.25, 0.3) is 5.91 Å². The molecule has 0 unspecified atom stereocenters. The normalized spacial score (nSPS) is 11.9. The van der Waals surface area contributed by atoms with Gasteiger partial charge in [-0.15, -0.1) is 0 Å². The van der Waals surface area contributed by atoms with E-state index in [1.165, 1.54) is 36.4 Å². The zero-order chi connectivity index (χ0) is 20.1. The molecule has 8 nitrogen and oxygen atoms in total. The number of hydrogen-bond acceptors (Lipinski definition) is 5. The van der Waals surface area contributed by atoms with Crippen molar-refractivity contribution in [1.29, 1.82) is 0 Å². The topological polar surface area (TPSA) is 135 Å². The molecule has 0 aromatic heterocycles. The smallest absolute Gasteiger partial charge is 0.251 e. The molecule has 146 valence electrons. The fourth-order valence-corrected chi connectivity index (χ4v) is 3.95. The fourth-order valence-electron chi connectivity index (χ4n) is 2.35. The van der Waals surface area contributed by atoms with Crippen LogP contribution in [-0.4, -0.2) is 35.8 Å². The van der Waals surface area contributed by atoms with Crippen molar-refractivity contribution in [3.8, 4) is 0 Å². The van der Waals surface area contributed by atoms with Crippen molar-refractivity contribution in [3.05, 3.63) is 59.7 Å². The number of hydrogen-bond donors (Lipinski definition) is 3. The standard InChI is InChI=1S/C17H21N3O5S2/c1-2-20-27(24,25)16-5-3-4-14(12-16)17(21)19-11-10-13-6-8-15(9-7-13)26(18,22)23/h3-9,12,20H,2,10-11H2,1H3,(H,19,21)(H2,18,22,23). The number of nitrogens with two attached hydrogens (primary N) is 1. The lowest BCUT2D eigenvalue weighted by atomic mass is 10.1. The van der Waals surface area contributed by atoms with Crippen LogP contribution in [0.3, 0.4) is 0 Å². The second-order valence-corrected chi connectivity index (χ2v) is 9.05. The van der Waals surface area contributed by atoms with Gasteiger partial charge in [0.2, 0.25) is 20.0 Å². The Labute approximate surface area is 158 Å². The Morgan fingerprint density at radius 3 is 2.26 bits per heavy atom. The molecule has 0 saturated heterocycles. The summed E-state index contributed by atoms with van der Waals surface area (Å²) in [7, 11) is -7.37. The van der Waals surface area contributed by atoms with Crippen LogP contribution < -0.4 is 15.2 Å². The van der Waals surface area contributed by atoms with Gasteiger partial charge in [0.1, 0.15) is 0 Å². The van der Waals surface area contributed by atoms with E-state index >= 15 is 0 Å². The first-order chi connectivity index (χ1) is 12.6. The highest BCUT2D eigenvalue weighted by molar-refractivity contribution is 7.89. The van der Waals surface area contributed by atoms with Crippen molar-refractivity contribution in [3.63, 3.8) is 0 Å². The van der Waals surface area contributed by atoms with Crippen molar-refractivity contribution in [2.75, 3.05) is 13.1 Å². The summed E-state index contributed by atoms with van der Waals surface area (Å²) in [4.78, 5) is 12.3. The maximum Gasteiger partial charge on any atom is 0.251 e. The van der Waals surface area contributed by atoms with Gasteiger partial charge in [0, 0.05) is 18.7 Å². The van der Waals surface area contributed by atoms with Crippen LogP contribution in [0.15, 0.2) is 58.3 Å². The van der Waals surface area contributed by atoms with Crippen molar-refractivity contribution in [1.82, 2.24) is 10.0 Å². The molecule has 0 spiro atoms. The van der Waals surface area contributed by atoms with Gasteiger partial charge in [0.15, 0.2) is 0 Å². The lowest BCUT2D eigenvalue weighted by Crippen LogP contribution is -2.27. The summed E-state index contributed by atoms with van der Waals surface area (Å²) in [6, 6.07) is 11.8. The number of primary sulfonamides is 1. The predicted octanol–water partition coefficient (Wildman–Crippen LogP) is 0.605. The lowest BCUT2D eigenvalue weighted by molar-refractivity contribution is 0.0954. The van der Waals surface area contributed by atoms with Crippen LogP contribution in [0.1, 0.15) is 22.8 Å². The van der Waals surface area contributed by atoms with Gasteiger partial charge in [0.05, 0.1) is 9.79 Å². The molecule has 0 atom stereocenters. The van der Waals surface area contributed by atoms with E-state index in [2.05, 4.69) is 10.0 Å². The van der Waals surface area contributed by atoms with Gasteiger partial charge >= 0.3 is 0 Å². The van der Waals surface area contributed by atoms with Crippen LogP contribution in [0.2, 0.25) is 0 Å². The minimum absolute atomic E-state index is 0.0222. The largest absolute Gasteiger partial charge is 0.352 e. The Morgan fingerprint density at radius 1 is 1.00 bits per heavy atom. The molecule has 2 aromatic carbocycles. The fraction of sp³-hybridized carbons (Fsp3) is 0.235. The summed E-state index contributed by atoms with van der Waals surface area (Å²) in [5.41, 5.74) is 1.06. The van der Waals surface area contributed by atoms with Crippen molar-refractivity contribution in [2.45, 2.75) is 23.1 Å². The third kappa shape index (κ3) is 5.86. The Morgan fingerprint density at radius 2 is 1.67 bits per heavy atom. The van der Waals surface area contributed by atoms with Crippen LogP contribution in [0.25, 0.3) is 0 Å². The van der Waals surface area contributed by atoms with Gasteiger partial charge in [-0.05, 0) is 42.3 Å². The summed E-state index contributed by atoms with van der Waals surface area (Å²) in [6.45, 7) is 2.23. The van der Waals surface area contributed by atoms with Crippen LogP contribution in [0, 0.1) is 0 Å². The summed E-state index contributed by atoms with van der Waals surface area (Å²) < 4.78 is 48.8. The number of amides is 1. The molecule has 2 rings (SSSR count). The summed E-state index contributed by atoms with van der Waals surface area (Å²) in [5, 5.41) is 7.75. The molecular weight excluding hydrogens is 390 g/mol. The van der Waals surface area contributed by atoms with E-state index in [-0.39, 0.29) is 21.9 Å². The van der Waals surface area contributed by atoms with Crippen molar-refractivity contribution in [2.24, 2.45) is 5.14 Å². The number of rotatable bonds is 8. The van der Waals surface area contributed by atoms with Crippen LogP contribution in [0.4, 0.5) is 0 Å². The highest BCUT2D eigenvalue weighted by Gasteiger charge is 2.15. The number of nitrogens with one attached hydrogen (secondary N) is 2. The Bertz CT molecular complexity index is 1020. The molecule has 2 aromatic rings. The van der Waals surface area contributed by atoms with E-state index in [0.29, 0.717) is 13.0 Å². The molecule has 0 saturated carbocycles.